The van der Waals surface area contributed by atoms with Gasteiger partial charge < -0.3 is 24.8 Å². The van der Waals surface area contributed by atoms with Crippen LogP contribution in [0.4, 0.5) is 4.79 Å². The van der Waals surface area contributed by atoms with E-state index in [9.17, 15) is 4.79 Å². The van der Waals surface area contributed by atoms with E-state index in [0.29, 0.717) is 36.9 Å². The summed E-state index contributed by atoms with van der Waals surface area (Å²) in [5.74, 6) is 1.71. The zero-order valence-electron chi connectivity index (χ0n) is 14.8. The zero-order valence-corrected chi connectivity index (χ0v) is 14.8. The molecule has 0 saturated heterocycles. The van der Waals surface area contributed by atoms with Crippen LogP contribution in [0.5, 0.6) is 17.2 Å². The summed E-state index contributed by atoms with van der Waals surface area (Å²) in [6.07, 6.45) is 0. The Hall–Kier alpha value is -2.89. The summed E-state index contributed by atoms with van der Waals surface area (Å²) >= 11 is 0. The van der Waals surface area contributed by atoms with E-state index in [2.05, 4.69) is 10.6 Å². The molecule has 2 amide bonds. The lowest BCUT2D eigenvalue weighted by Gasteiger charge is -2.14. The minimum atomic E-state index is -0.232. The van der Waals surface area contributed by atoms with Crippen molar-refractivity contribution in [2.45, 2.75) is 13.5 Å². The molecule has 0 aliphatic rings. The molecule has 0 heterocycles. The summed E-state index contributed by atoms with van der Waals surface area (Å²) in [5, 5.41) is 5.59. The third kappa shape index (κ3) is 5.31. The Labute approximate surface area is 148 Å². The minimum Gasteiger partial charge on any atom is -0.493 e. The van der Waals surface area contributed by atoms with E-state index in [1.165, 1.54) is 0 Å². The molecule has 0 atom stereocenters. The molecule has 134 valence electrons. The number of carbonyl (C=O) groups excluding carboxylic acids is 1. The topological polar surface area (TPSA) is 68.8 Å². The quantitative estimate of drug-likeness (QED) is 0.723. The van der Waals surface area contributed by atoms with Crippen LogP contribution in [-0.2, 0) is 6.54 Å². The fraction of sp³-hybridized carbons (Fsp3) is 0.316. The van der Waals surface area contributed by atoms with Crippen LogP contribution in [0.1, 0.15) is 11.1 Å². The average Bonchev–Trinajstić information content (AvgIpc) is 2.64. The number of para-hydroxylation sites is 1. The number of rotatable bonds is 8. The first kappa shape index (κ1) is 18.4. The lowest BCUT2D eigenvalue weighted by molar-refractivity contribution is 0.235. The van der Waals surface area contributed by atoms with Gasteiger partial charge in [0.1, 0.15) is 6.61 Å². The summed E-state index contributed by atoms with van der Waals surface area (Å²) in [5.41, 5.74) is 2.24. The fourth-order valence-electron chi connectivity index (χ4n) is 2.34. The van der Waals surface area contributed by atoms with Gasteiger partial charge in [0.2, 0.25) is 5.75 Å². The lowest BCUT2D eigenvalue weighted by atomic mass is 10.1. The number of methoxy groups -OCH3 is 2. The molecule has 6 heteroatoms. The number of ether oxygens (including phenoxy) is 3. The first-order valence-corrected chi connectivity index (χ1v) is 8.05. The highest BCUT2D eigenvalue weighted by Crippen LogP contribution is 2.36. The van der Waals surface area contributed by atoms with Crippen LogP contribution in [0, 0.1) is 6.92 Å². The molecule has 0 spiro atoms. The fourth-order valence-corrected chi connectivity index (χ4v) is 2.34. The van der Waals surface area contributed by atoms with E-state index in [-0.39, 0.29) is 6.03 Å². The molecule has 2 aromatic rings. The number of amides is 2. The molecule has 25 heavy (non-hydrogen) atoms. The first-order valence-electron chi connectivity index (χ1n) is 8.05. The van der Waals surface area contributed by atoms with E-state index < -0.39 is 0 Å². The molecule has 0 fully saturated rings. The Morgan fingerprint density at radius 2 is 1.72 bits per heavy atom. The standard InChI is InChI=1S/C19H24N2O4/c1-14-7-4-5-8-15(14)13-21-19(22)20-11-12-25-17-10-6-9-16(23-2)18(17)24-3/h4-10H,11-13H2,1-3H3,(H2,20,21,22). The average molecular weight is 344 g/mol. The Bertz CT molecular complexity index is 704. The van der Waals surface area contributed by atoms with E-state index in [1.54, 1.807) is 26.4 Å². The van der Waals surface area contributed by atoms with E-state index in [1.807, 2.05) is 37.3 Å². The van der Waals surface area contributed by atoms with Crippen molar-refractivity contribution in [1.29, 1.82) is 0 Å². The van der Waals surface area contributed by atoms with E-state index in [4.69, 9.17) is 14.2 Å². The number of aryl methyl sites for hydroxylation is 1. The second-order valence-electron chi connectivity index (χ2n) is 5.38. The van der Waals surface area contributed by atoms with Crippen molar-refractivity contribution in [3.05, 3.63) is 53.6 Å². The Morgan fingerprint density at radius 1 is 0.960 bits per heavy atom. The highest BCUT2D eigenvalue weighted by molar-refractivity contribution is 5.73. The molecule has 0 aliphatic heterocycles. The van der Waals surface area contributed by atoms with Crippen molar-refractivity contribution in [2.75, 3.05) is 27.4 Å². The molecule has 2 N–H and O–H groups in total. The van der Waals surface area contributed by atoms with Crippen molar-refractivity contribution >= 4 is 6.03 Å². The SMILES string of the molecule is COc1cccc(OCCNC(=O)NCc2ccccc2C)c1OC. The van der Waals surface area contributed by atoms with Crippen LogP contribution in [0.3, 0.4) is 0 Å². The van der Waals surface area contributed by atoms with Crippen LogP contribution in [0.15, 0.2) is 42.5 Å². The normalized spacial score (nSPS) is 10.0. The first-order chi connectivity index (χ1) is 12.2. The highest BCUT2D eigenvalue weighted by Gasteiger charge is 2.10. The molecule has 0 saturated carbocycles. The molecular formula is C19H24N2O4. The number of nitrogens with one attached hydrogen (secondary N) is 2. The van der Waals surface area contributed by atoms with Gasteiger partial charge in [0, 0.05) is 6.54 Å². The largest absolute Gasteiger partial charge is 0.493 e. The molecule has 0 unspecified atom stereocenters. The summed E-state index contributed by atoms with van der Waals surface area (Å²) in [6.45, 7) is 3.20. The van der Waals surface area contributed by atoms with Crippen LogP contribution in [0.25, 0.3) is 0 Å². The van der Waals surface area contributed by atoms with Gasteiger partial charge in [-0.3, -0.25) is 0 Å². The number of hydrogen-bond donors (Lipinski definition) is 2. The van der Waals surface area contributed by atoms with Gasteiger partial charge in [-0.15, -0.1) is 0 Å². The molecule has 2 aromatic carbocycles. The van der Waals surface area contributed by atoms with Gasteiger partial charge in [-0.25, -0.2) is 4.79 Å². The molecule has 0 aliphatic carbocycles. The van der Waals surface area contributed by atoms with Gasteiger partial charge in [0.15, 0.2) is 11.5 Å². The molecule has 2 rings (SSSR count). The van der Waals surface area contributed by atoms with Crippen LogP contribution >= 0.6 is 0 Å². The smallest absolute Gasteiger partial charge is 0.315 e. The molecule has 0 aromatic heterocycles. The summed E-state index contributed by atoms with van der Waals surface area (Å²) in [6, 6.07) is 13.1. The summed E-state index contributed by atoms with van der Waals surface area (Å²) < 4.78 is 16.2. The van der Waals surface area contributed by atoms with Gasteiger partial charge in [-0.1, -0.05) is 30.3 Å². The van der Waals surface area contributed by atoms with Crippen LogP contribution in [0.2, 0.25) is 0 Å². The number of hydrogen-bond acceptors (Lipinski definition) is 4. The maximum Gasteiger partial charge on any atom is 0.315 e. The highest BCUT2D eigenvalue weighted by atomic mass is 16.5. The van der Waals surface area contributed by atoms with Crippen molar-refractivity contribution in [1.82, 2.24) is 10.6 Å². The minimum absolute atomic E-state index is 0.232. The van der Waals surface area contributed by atoms with Gasteiger partial charge in [-0.05, 0) is 30.2 Å². The monoisotopic (exact) mass is 344 g/mol. The summed E-state index contributed by atoms with van der Waals surface area (Å²) in [7, 11) is 3.13. The predicted octanol–water partition coefficient (Wildman–Crippen LogP) is 2.89. The molecular weight excluding hydrogens is 320 g/mol. The van der Waals surface area contributed by atoms with E-state index >= 15 is 0 Å². The van der Waals surface area contributed by atoms with E-state index in [0.717, 1.165) is 11.1 Å². The van der Waals surface area contributed by atoms with Crippen LogP contribution in [-0.4, -0.2) is 33.4 Å². The second-order valence-corrected chi connectivity index (χ2v) is 5.38. The summed E-state index contributed by atoms with van der Waals surface area (Å²) in [4.78, 5) is 11.8. The lowest BCUT2D eigenvalue weighted by Crippen LogP contribution is -2.37. The number of benzene rings is 2. The van der Waals surface area contributed by atoms with Crippen molar-refractivity contribution in [2.24, 2.45) is 0 Å². The third-order valence-corrected chi connectivity index (χ3v) is 3.71. The maximum absolute atomic E-state index is 11.8. The Morgan fingerprint density at radius 3 is 2.44 bits per heavy atom. The van der Waals surface area contributed by atoms with Crippen molar-refractivity contribution in [3.8, 4) is 17.2 Å². The number of urea groups is 1. The third-order valence-electron chi connectivity index (χ3n) is 3.71. The van der Waals surface area contributed by atoms with Gasteiger partial charge in [0.05, 0.1) is 20.8 Å². The second kappa shape index (κ2) is 9.42. The zero-order chi connectivity index (χ0) is 18.1. The molecule has 0 radical (unpaired) electrons. The van der Waals surface area contributed by atoms with Gasteiger partial charge >= 0.3 is 6.03 Å². The maximum atomic E-state index is 11.8. The molecule has 6 nitrogen and oxygen atoms in total. The van der Waals surface area contributed by atoms with Crippen molar-refractivity contribution < 1.29 is 19.0 Å². The van der Waals surface area contributed by atoms with Crippen molar-refractivity contribution in [3.63, 3.8) is 0 Å². The predicted molar refractivity (Wildman–Crippen MR) is 96.5 cm³/mol. The Balaban J connectivity index is 1.74. The van der Waals surface area contributed by atoms with Gasteiger partial charge in [0.25, 0.3) is 0 Å². The van der Waals surface area contributed by atoms with Crippen LogP contribution < -0.4 is 24.8 Å². The molecule has 0 bridgehead atoms. The number of carbonyl (C=O) groups is 1. The van der Waals surface area contributed by atoms with Gasteiger partial charge in [-0.2, -0.15) is 0 Å². The Kier molecular flexibility index (Phi) is 6.95.